The van der Waals surface area contributed by atoms with E-state index in [1.807, 2.05) is 0 Å². The number of Topliss-reactive ketones (excluding diaryl/α,β-unsaturated/α-hetero) is 1. The fourth-order valence-electron chi connectivity index (χ4n) is 3.99. The number of carbonyl (C=O) groups excluding carboxylic acids is 2. The third kappa shape index (κ3) is 4.76. The maximum atomic E-state index is 13.1. The number of ketones is 1. The van der Waals surface area contributed by atoms with Crippen LogP contribution in [0.4, 0.5) is 24.5 Å². The predicted molar refractivity (Wildman–Crippen MR) is 122 cm³/mol. The number of hydrogen-bond acceptors (Lipinski definition) is 6. The average Bonchev–Trinajstić information content (AvgIpc) is 3.08. The zero-order valence-electron chi connectivity index (χ0n) is 18.5. The number of halogens is 3. The summed E-state index contributed by atoms with van der Waals surface area (Å²) in [5, 5.41) is 22.3. The van der Waals surface area contributed by atoms with E-state index >= 15 is 0 Å². The van der Waals surface area contributed by atoms with Crippen molar-refractivity contribution in [1.82, 2.24) is 0 Å². The lowest BCUT2D eigenvalue weighted by Gasteiger charge is -2.26. The third-order valence-corrected chi connectivity index (χ3v) is 5.48. The quantitative estimate of drug-likeness (QED) is 0.165. The Morgan fingerprint density at radius 1 is 1.03 bits per heavy atom. The molecule has 3 aromatic rings. The summed E-state index contributed by atoms with van der Waals surface area (Å²) in [6.07, 6.45) is -4.91. The molecule has 1 amide bonds. The molecule has 1 fully saturated rings. The first-order valence-electron chi connectivity index (χ1n) is 10.4. The Morgan fingerprint density at radius 3 is 2.31 bits per heavy atom. The normalized spacial score (nSPS) is 17.3. The largest absolute Gasteiger partial charge is 0.573 e. The number of rotatable bonds is 5. The van der Waals surface area contributed by atoms with E-state index < -0.39 is 40.5 Å². The molecule has 184 valence electrons. The average molecular weight is 498 g/mol. The number of alkyl halides is 3. The fraction of sp³-hybridized carbons (Fsp3) is 0.120. The maximum Gasteiger partial charge on any atom is 0.573 e. The second kappa shape index (κ2) is 9.17. The molecule has 0 radical (unpaired) electrons. The van der Waals surface area contributed by atoms with Gasteiger partial charge in [-0.05, 0) is 36.8 Å². The molecule has 1 saturated heterocycles. The topological polar surface area (TPSA) is 110 Å². The van der Waals surface area contributed by atoms with Gasteiger partial charge in [0.1, 0.15) is 11.5 Å². The van der Waals surface area contributed by atoms with Crippen molar-refractivity contribution in [3.05, 3.63) is 105 Å². The molecule has 1 unspecified atom stereocenters. The highest BCUT2D eigenvalue weighted by molar-refractivity contribution is 6.51. The van der Waals surface area contributed by atoms with Crippen molar-refractivity contribution < 1.29 is 37.5 Å². The Kier molecular flexibility index (Phi) is 6.23. The number of hydrogen-bond donors (Lipinski definition) is 1. The Bertz CT molecular complexity index is 1400. The van der Waals surface area contributed by atoms with Gasteiger partial charge >= 0.3 is 6.36 Å². The van der Waals surface area contributed by atoms with Gasteiger partial charge in [-0.1, -0.05) is 42.0 Å². The number of amides is 1. The number of nitro benzene ring substituents is 1. The smallest absolute Gasteiger partial charge is 0.507 e. The number of aryl methyl sites for hydroxylation is 1. The fourth-order valence-corrected chi connectivity index (χ4v) is 3.99. The molecule has 0 saturated carbocycles. The third-order valence-electron chi connectivity index (χ3n) is 5.48. The lowest BCUT2D eigenvalue weighted by Crippen LogP contribution is -2.29. The number of aliphatic hydroxyl groups is 1. The van der Waals surface area contributed by atoms with Crippen molar-refractivity contribution in [1.29, 1.82) is 0 Å². The van der Waals surface area contributed by atoms with E-state index in [1.54, 1.807) is 31.2 Å². The summed E-state index contributed by atoms with van der Waals surface area (Å²) >= 11 is 0. The van der Waals surface area contributed by atoms with Gasteiger partial charge in [0.2, 0.25) is 0 Å². The molecule has 0 spiro atoms. The highest BCUT2D eigenvalue weighted by atomic mass is 19.4. The summed E-state index contributed by atoms with van der Waals surface area (Å²) in [6, 6.07) is 14.9. The number of benzene rings is 3. The zero-order chi connectivity index (χ0) is 26.2. The molecule has 1 aliphatic heterocycles. The monoisotopic (exact) mass is 498 g/mol. The second-order valence-corrected chi connectivity index (χ2v) is 7.93. The van der Waals surface area contributed by atoms with Crippen LogP contribution >= 0.6 is 0 Å². The summed E-state index contributed by atoms with van der Waals surface area (Å²) in [5.41, 5.74) is 0.603. The van der Waals surface area contributed by atoms with Crippen LogP contribution in [0.3, 0.4) is 0 Å². The van der Waals surface area contributed by atoms with E-state index in [-0.39, 0.29) is 22.5 Å². The van der Waals surface area contributed by atoms with E-state index in [0.29, 0.717) is 5.56 Å². The molecule has 1 N–H and O–H groups in total. The van der Waals surface area contributed by atoms with E-state index in [9.17, 15) is 38.0 Å². The molecule has 8 nitrogen and oxygen atoms in total. The number of anilines is 1. The minimum absolute atomic E-state index is 0.0474. The Morgan fingerprint density at radius 2 is 1.69 bits per heavy atom. The summed E-state index contributed by atoms with van der Waals surface area (Å²) < 4.78 is 41.5. The molecule has 1 aliphatic rings. The summed E-state index contributed by atoms with van der Waals surface area (Å²) in [6.45, 7) is 1.78. The summed E-state index contributed by atoms with van der Waals surface area (Å²) in [5.74, 6) is -3.23. The van der Waals surface area contributed by atoms with Gasteiger partial charge in [0, 0.05) is 23.4 Å². The number of non-ortho nitro benzene ring substituents is 1. The van der Waals surface area contributed by atoms with Crippen LogP contribution in [0.1, 0.15) is 22.7 Å². The Labute approximate surface area is 202 Å². The molecule has 36 heavy (non-hydrogen) atoms. The number of carbonyl (C=O) groups is 2. The van der Waals surface area contributed by atoms with E-state index in [4.69, 9.17) is 0 Å². The number of nitrogens with zero attached hydrogens (tertiary/aromatic N) is 2. The van der Waals surface area contributed by atoms with E-state index in [1.165, 1.54) is 30.3 Å². The van der Waals surface area contributed by atoms with Crippen LogP contribution in [0, 0.1) is 17.0 Å². The van der Waals surface area contributed by atoms with E-state index in [0.717, 1.165) is 28.7 Å². The predicted octanol–water partition coefficient (Wildman–Crippen LogP) is 5.43. The molecule has 3 aromatic carbocycles. The van der Waals surface area contributed by atoms with Crippen molar-refractivity contribution in [2.24, 2.45) is 0 Å². The molecular weight excluding hydrogens is 481 g/mol. The first kappa shape index (κ1) is 24.5. The Hall–Kier alpha value is -4.67. The minimum Gasteiger partial charge on any atom is -0.507 e. The SMILES string of the molecule is Cc1cccc(C2/C(=C(/O)c3cccc([N+](=O)[O-])c3)C(=O)C(=O)N2c2ccc(OC(F)(F)F)cc2)c1. The molecule has 11 heteroatoms. The van der Waals surface area contributed by atoms with Gasteiger partial charge in [-0.15, -0.1) is 13.2 Å². The molecule has 4 rings (SSSR count). The van der Waals surface area contributed by atoms with Gasteiger partial charge in [-0.3, -0.25) is 24.6 Å². The Balaban J connectivity index is 1.88. The van der Waals surface area contributed by atoms with Crippen molar-refractivity contribution in [3.8, 4) is 5.75 Å². The standard InChI is InChI=1S/C25H17F3N2O6/c1-14-4-2-5-15(12-14)21-20(22(31)16-6-3-7-18(13-16)30(34)35)23(32)24(33)29(21)17-8-10-19(11-9-17)36-25(26,27)28/h2-13,21,31H,1H3/b22-20-. The molecule has 0 aromatic heterocycles. The molecular formula is C25H17F3N2O6. The van der Waals surface area contributed by atoms with Crippen LogP contribution in [-0.2, 0) is 9.59 Å². The summed E-state index contributed by atoms with van der Waals surface area (Å²) in [4.78, 5) is 37.8. The molecule has 0 bridgehead atoms. The van der Waals surface area contributed by atoms with Gasteiger partial charge in [-0.2, -0.15) is 0 Å². The van der Waals surface area contributed by atoms with Gasteiger partial charge in [0.15, 0.2) is 0 Å². The lowest BCUT2D eigenvalue weighted by molar-refractivity contribution is -0.384. The number of ether oxygens (including phenoxy) is 1. The molecule has 1 heterocycles. The molecule has 1 atom stereocenters. The summed E-state index contributed by atoms with van der Waals surface area (Å²) in [7, 11) is 0. The van der Waals surface area contributed by atoms with Crippen molar-refractivity contribution in [2.75, 3.05) is 4.90 Å². The van der Waals surface area contributed by atoms with Gasteiger partial charge in [-0.25, -0.2) is 0 Å². The maximum absolute atomic E-state index is 13.1. The van der Waals surface area contributed by atoms with Gasteiger partial charge in [0.25, 0.3) is 17.4 Å². The van der Waals surface area contributed by atoms with Gasteiger partial charge in [0.05, 0.1) is 16.5 Å². The van der Waals surface area contributed by atoms with Crippen LogP contribution in [0.2, 0.25) is 0 Å². The zero-order valence-corrected chi connectivity index (χ0v) is 18.5. The van der Waals surface area contributed by atoms with Crippen LogP contribution < -0.4 is 9.64 Å². The van der Waals surface area contributed by atoms with Crippen molar-refractivity contribution >= 4 is 28.8 Å². The van der Waals surface area contributed by atoms with Crippen molar-refractivity contribution in [2.45, 2.75) is 19.3 Å². The lowest BCUT2D eigenvalue weighted by atomic mass is 9.94. The van der Waals surface area contributed by atoms with Crippen LogP contribution in [0.5, 0.6) is 5.75 Å². The minimum atomic E-state index is -4.91. The van der Waals surface area contributed by atoms with E-state index in [2.05, 4.69) is 4.74 Å². The second-order valence-electron chi connectivity index (χ2n) is 7.93. The first-order chi connectivity index (χ1) is 17.0. The van der Waals surface area contributed by atoms with Crippen LogP contribution in [-0.4, -0.2) is 28.1 Å². The van der Waals surface area contributed by atoms with Gasteiger partial charge < -0.3 is 9.84 Å². The highest BCUT2D eigenvalue weighted by Crippen LogP contribution is 2.43. The number of aliphatic hydroxyl groups excluding tert-OH is 1. The first-order valence-corrected chi connectivity index (χ1v) is 10.4. The number of nitro groups is 1. The van der Waals surface area contributed by atoms with Crippen LogP contribution in [0.25, 0.3) is 5.76 Å². The molecule has 0 aliphatic carbocycles. The van der Waals surface area contributed by atoms with Crippen molar-refractivity contribution in [3.63, 3.8) is 0 Å². The highest BCUT2D eigenvalue weighted by Gasteiger charge is 2.47. The van der Waals surface area contributed by atoms with Crippen LogP contribution in [0.15, 0.2) is 78.4 Å².